The molecule has 0 radical (unpaired) electrons. The Balaban J connectivity index is 2.47. The molecule has 1 fully saturated rings. The van der Waals surface area contributed by atoms with Crippen LogP contribution >= 0.6 is 0 Å². The molecule has 1 rings (SSSR count). The van der Waals surface area contributed by atoms with Crippen molar-refractivity contribution < 1.29 is 24.2 Å². The minimum absolute atomic E-state index is 0.130. The average molecular weight is 243 g/mol. The van der Waals surface area contributed by atoms with Gasteiger partial charge in [-0.15, -0.1) is 0 Å². The Labute approximate surface area is 99.6 Å². The third kappa shape index (κ3) is 3.74. The van der Waals surface area contributed by atoms with Gasteiger partial charge in [-0.2, -0.15) is 0 Å². The van der Waals surface area contributed by atoms with E-state index in [-0.39, 0.29) is 19.1 Å². The third-order valence-corrected chi connectivity index (χ3v) is 2.63. The number of carbonyl (C=O) groups excluding carboxylic acids is 1. The molecular weight excluding hydrogens is 226 g/mol. The van der Waals surface area contributed by atoms with E-state index < -0.39 is 17.7 Å². The SMILES string of the molecule is C=CCOC(=O)NC1CCOC(C)(C(=O)O)C1. The third-order valence-electron chi connectivity index (χ3n) is 2.63. The van der Waals surface area contributed by atoms with E-state index in [1.165, 1.54) is 13.0 Å². The number of aliphatic carboxylic acids is 1. The lowest BCUT2D eigenvalue weighted by Gasteiger charge is -2.34. The van der Waals surface area contributed by atoms with Gasteiger partial charge in [-0.3, -0.25) is 0 Å². The Morgan fingerprint density at radius 1 is 1.71 bits per heavy atom. The van der Waals surface area contributed by atoms with E-state index in [0.717, 1.165) is 0 Å². The Hall–Kier alpha value is -1.56. The Morgan fingerprint density at radius 3 is 3.00 bits per heavy atom. The number of rotatable bonds is 4. The van der Waals surface area contributed by atoms with Crippen LogP contribution in [0.3, 0.4) is 0 Å². The summed E-state index contributed by atoms with van der Waals surface area (Å²) in [6.07, 6.45) is 1.70. The summed E-state index contributed by atoms with van der Waals surface area (Å²) in [5.41, 5.74) is -1.24. The summed E-state index contributed by atoms with van der Waals surface area (Å²) in [5, 5.41) is 11.6. The summed E-state index contributed by atoms with van der Waals surface area (Å²) in [6.45, 7) is 5.35. The first-order valence-electron chi connectivity index (χ1n) is 5.39. The van der Waals surface area contributed by atoms with E-state index in [1.807, 2.05) is 0 Å². The molecule has 2 unspecified atom stereocenters. The molecule has 6 nitrogen and oxygen atoms in total. The lowest BCUT2D eigenvalue weighted by atomic mass is 9.92. The van der Waals surface area contributed by atoms with Gasteiger partial charge in [0.25, 0.3) is 0 Å². The number of amides is 1. The molecule has 0 bridgehead atoms. The first-order chi connectivity index (χ1) is 7.98. The van der Waals surface area contributed by atoms with E-state index in [1.54, 1.807) is 0 Å². The summed E-state index contributed by atoms with van der Waals surface area (Å²) in [7, 11) is 0. The van der Waals surface area contributed by atoms with Crippen molar-refractivity contribution in [2.45, 2.75) is 31.4 Å². The molecule has 0 aromatic heterocycles. The summed E-state index contributed by atoms with van der Waals surface area (Å²) in [4.78, 5) is 22.3. The van der Waals surface area contributed by atoms with Gasteiger partial charge in [0.1, 0.15) is 6.61 Å². The van der Waals surface area contributed by atoms with Crippen LogP contribution in [0.25, 0.3) is 0 Å². The molecule has 6 heteroatoms. The lowest BCUT2D eigenvalue weighted by molar-refractivity contribution is -0.170. The van der Waals surface area contributed by atoms with Crippen LogP contribution in [-0.2, 0) is 14.3 Å². The molecule has 0 spiro atoms. The van der Waals surface area contributed by atoms with Crippen LogP contribution in [0.15, 0.2) is 12.7 Å². The minimum Gasteiger partial charge on any atom is -0.479 e. The lowest BCUT2D eigenvalue weighted by Crippen LogP contribution is -2.51. The van der Waals surface area contributed by atoms with Crippen molar-refractivity contribution in [3.63, 3.8) is 0 Å². The average Bonchev–Trinajstić information content (AvgIpc) is 2.26. The van der Waals surface area contributed by atoms with Crippen molar-refractivity contribution in [1.82, 2.24) is 5.32 Å². The quantitative estimate of drug-likeness (QED) is 0.717. The van der Waals surface area contributed by atoms with Crippen LogP contribution in [0.5, 0.6) is 0 Å². The van der Waals surface area contributed by atoms with Crippen molar-refractivity contribution in [1.29, 1.82) is 0 Å². The van der Waals surface area contributed by atoms with Crippen LogP contribution in [0.4, 0.5) is 4.79 Å². The van der Waals surface area contributed by atoms with Crippen LogP contribution < -0.4 is 5.32 Å². The first kappa shape index (κ1) is 13.5. The van der Waals surface area contributed by atoms with Crippen molar-refractivity contribution in [2.24, 2.45) is 0 Å². The Morgan fingerprint density at radius 2 is 2.41 bits per heavy atom. The Bertz CT molecular complexity index is 317. The molecule has 1 saturated heterocycles. The molecule has 0 aliphatic carbocycles. The van der Waals surface area contributed by atoms with E-state index in [4.69, 9.17) is 14.6 Å². The van der Waals surface area contributed by atoms with Gasteiger partial charge in [-0.1, -0.05) is 12.7 Å². The van der Waals surface area contributed by atoms with Crippen LogP contribution in [0, 0.1) is 0 Å². The molecule has 2 N–H and O–H groups in total. The fraction of sp³-hybridized carbons (Fsp3) is 0.636. The van der Waals surface area contributed by atoms with Gasteiger partial charge in [-0.05, 0) is 13.3 Å². The molecular formula is C11H17NO5. The van der Waals surface area contributed by atoms with Crippen LogP contribution in [0.2, 0.25) is 0 Å². The normalized spacial score (nSPS) is 28.2. The molecule has 17 heavy (non-hydrogen) atoms. The monoisotopic (exact) mass is 243 g/mol. The van der Waals surface area contributed by atoms with Gasteiger partial charge in [0.05, 0.1) is 6.61 Å². The van der Waals surface area contributed by atoms with Crippen LogP contribution in [0.1, 0.15) is 19.8 Å². The van der Waals surface area contributed by atoms with Gasteiger partial charge in [-0.25, -0.2) is 9.59 Å². The van der Waals surface area contributed by atoms with Crippen molar-refractivity contribution in [3.05, 3.63) is 12.7 Å². The number of carboxylic acid groups (broad SMARTS) is 1. The molecule has 2 atom stereocenters. The summed E-state index contributed by atoms with van der Waals surface area (Å²) in [5.74, 6) is -1.02. The minimum atomic E-state index is -1.24. The first-order valence-corrected chi connectivity index (χ1v) is 5.39. The Kier molecular flexibility index (Phi) is 4.51. The summed E-state index contributed by atoms with van der Waals surface area (Å²) in [6, 6.07) is -0.248. The largest absolute Gasteiger partial charge is 0.479 e. The molecule has 0 aromatic carbocycles. The topological polar surface area (TPSA) is 84.9 Å². The summed E-state index contributed by atoms with van der Waals surface area (Å²) >= 11 is 0. The highest BCUT2D eigenvalue weighted by molar-refractivity contribution is 5.77. The van der Waals surface area contributed by atoms with Crippen LogP contribution in [-0.4, -0.2) is 42.0 Å². The molecule has 0 saturated carbocycles. The number of nitrogens with one attached hydrogen (secondary N) is 1. The maximum Gasteiger partial charge on any atom is 0.407 e. The fourth-order valence-corrected chi connectivity index (χ4v) is 1.67. The fourth-order valence-electron chi connectivity index (χ4n) is 1.67. The van der Waals surface area contributed by atoms with E-state index in [9.17, 15) is 9.59 Å². The van der Waals surface area contributed by atoms with Gasteiger partial charge in [0.2, 0.25) is 0 Å². The van der Waals surface area contributed by atoms with E-state index in [0.29, 0.717) is 13.0 Å². The van der Waals surface area contributed by atoms with Gasteiger partial charge in [0, 0.05) is 12.5 Å². The highest BCUT2D eigenvalue weighted by Gasteiger charge is 2.40. The molecule has 1 heterocycles. The second-order valence-electron chi connectivity index (χ2n) is 4.11. The second-order valence-corrected chi connectivity index (χ2v) is 4.11. The maximum atomic E-state index is 11.3. The number of alkyl carbamates (subject to hydrolysis) is 1. The number of hydrogen-bond donors (Lipinski definition) is 2. The maximum absolute atomic E-state index is 11.3. The van der Waals surface area contributed by atoms with Crippen molar-refractivity contribution >= 4 is 12.1 Å². The molecule has 1 aliphatic heterocycles. The highest BCUT2D eigenvalue weighted by Crippen LogP contribution is 2.25. The molecule has 96 valence electrons. The number of ether oxygens (including phenoxy) is 2. The zero-order valence-electron chi connectivity index (χ0n) is 9.77. The molecule has 1 amide bonds. The second kappa shape index (κ2) is 5.67. The standard InChI is InChI=1S/C11H17NO5/c1-3-5-16-10(15)12-8-4-6-17-11(2,7-8)9(13)14/h3,8H,1,4-7H2,2H3,(H,12,15)(H,13,14). The smallest absolute Gasteiger partial charge is 0.407 e. The summed E-state index contributed by atoms with van der Waals surface area (Å²) < 4.78 is 9.98. The number of carboxylic acids is 1. The predicted octanol–water partition coefficient (Wildman–Crippen LogP) is 0.921. The van der Waals surface area contributed by atoms with Gasteiger partial charge >= 0.3 is 12.1 Å². The van der Waals surface area contributed by atoms with Gasteiger partial charge < -0.3 is 19.9 Å². The van der Waals surface area contributed by atoms with Gasteiger partial charge in [0.15, 0.2) is 5.60 Å². The predicted molar refractivity (Wildman–Crippen MR) is 59.7 cm³/mol. The molecule has 1 aliphatic rings. The van der Waals surface area contributed by atoms with E-state index in [2.05, 4.69) is 11.9 Å². The zero-order chi connectivity index (χ0) is 12.9. The molecule has 0 aromatic rings. The number of hydrogen-bond acceptors (Lipinski definition) is 4. The highest BCUT2D eigenvalue weighted by atomic mass is 16.5. The number of carbonyl (C=O) groups is 2. The van der Waals surface area contributed by atoms with E-state index >= 15 is 0 Å². The van der Waals surface area contributed by atoms with Crippen molar-refractivity contribution in [2.75, 3.05) is 13.2 Å². The van der Waals surface area contributed by atoms with Crippen molar-refractivity contribution in [3.8, 4) is 0 Å². The zero-order valence-corrected chi connectivity index (χ0v) is 9.77.